The predicted octanol–water partition coefficient (Wildman–Crippen LogP) is 3.12. The third kappa shape index (κ3) is 2.88. The monoisotopic (exact) mass is 296 g/mol. The molecule has 2 aromatic heterocycles. The summed E-state index contributed by atoms with van der Waals surface area (Å²) in [5.74, 6) is 1.00. The lowest BCUT2D eigenvalue weighted by atomic mass is 10.2. The Morgan fingerprint density at radius 1 is 1.44 bits per heavy atom. The van der Waals surface area contributed by atoms with Crippen molar-refractivity contribution >= 4 is 46.2 Å². The van der Waals surface area contributed by atoms with Crippen LogP contribution in [-0.2, 0) is 5.75 Å². The fourth-order valence-electron chi connectivity index (χ4n) is 1.35. The maximum atomic E-state index is 9.05. The second-order valence-corrected chi connectivity index (χ2v) is 6.19. The van der Waals surface area contributed by atoms with Crippen LogP contribution in [0.3, 0.4) is 0 Å². The van der Waals surface area contributed by atoms with E-state index < -0.39 is 0 Å². The first-order chi connectivity index (χ1) is 8.60. The van der Waals surface area contributed by atoms with Gasteiger partial charge in [-0.2, -0.15) is 5.26 Å². The van der Waals surface area contributed by atoms with E-state index in [9.17, 15) is 0 Å². The molecule has 0 aliphatic heterocycles. The van der Waals surface area contributed by atoms with E-state index in [-0.39, 0.29) is 0 Å². The lowest BCUT2D eigenvalue weighted by molar-refractivity contribution is 1.12. The number of nitrogen functional groups attached to an aromatic ring is 2. The van der Waals surface area contributed by atoms with Gasteiger partial charge in [0.2, 0.25) is 0 Å². The minimum Gasteiger partial charge on any atom is -0.397 e. The number of aromatic nitrogens is 1. The summed E-state index contributed by atoms with van der Waals surface area (Å²) in [6.07, 6.45) is 0. The summed E-state index contributed by atoms with van der Waals surface area (Å²) in [5, 5.41) is 9.60. The first kappa shape index (κ1) is 13.0. The van der Waals surface area contributed by atoms with Crippen molar-refractivity contribution in [3.05, 3.63) is 33.0 Å². The fourth-order valence-corrected chi connectivity index (χ4v) is 3.49. The maximum absolute atomic E-state index is 9.05. The van der Waals surface area contributed by atoms with Crippen molar-refractivity contribution in [1.29, 1.82) is 5.26 Å². The molecule has 2 rings (SSSR count). The summed E-state index contributed by atoms with van der Waals surface area (Å²) in [4.78, 5) is 5.24. The molecule has 0 saturated heterocycles. The van der Waals surface area contributed by atoms with E-state index in [0.717, 1.165) is 9.21 Å². The van der Waals surface area contributed by atoms with Gasteiger partial charge in [-0.05, 0) is 12.1 Å². The Hall–Kier alpha value is -1.42. The van der Waals surface area contributed by atoms with Crippen LogP contribution in [0.2, 0.25) is 4.34 Å². The maximum Gasteiger partial charge on any atom is 0.126 e. The smallest absolute Gasteiger partial charge is 0.126 e. The molecular formula is C11H9ClN4S2. The van der Waals surface area contributed by atoms with E-state index in [1.165, 1.54) is 29.2 Å². The lowest BCUT2D eigenvalue weighted by Gasteiger charge is -2.05. The zero-order chi connectivity index (χ0) is 13.1. The molecule has 18 heavy (non-hydrogen) atoms. The Labute approximate surface area is 118 Å². The minimum absolute atomic E-state index is 0.318. The number of hydrogen-bond donors (Lipinski definition) is 2. The highest BCUT2D eigenvalue weighted by molar-refractivity contribution is 7.98. The van der Waals surface area contributed by atoms with E-state index in [1.54, 1.807) is 0 Å². The van der Waals surface area contributed by atoms with Gasteiger partial charge in [-0.15, -0.1) is 11.3 Å². The van der Waals surface area contributed by atoms with E-state index in [0.29, 0.717) is 27.8 Å². The summed E-state index contributed by atoms with van der Waals surface area (Å²) in [7, 11) is 0. The van der Waals surface area contributed by atoms with E-state index in [2.05, 4.69) is 4.98 Å². The number of nitriles is 1. The van der Waals surface area contributed by atoms with E-state index in [1.807, 2.05) is 18.2 Å². The number of anilines is 2. The number of rotatable bonds is 3. The summed E-state index contributed by atoms with van der Waals surface area (Å²) >= 11 is 8.78. The van der Waals surface area contributed by atoms with Crippen LogP contribution >= 0.6 is 34.7 Å². The van der Waals surface area contributed by atoms with Crippen LogP contribution in [0.25, 0.3) is 0 Å². The average molecular weight is 297 g/mol. The predicted molar refractivity (Wildman–Crippen MR) is 76.7 cm³/mol. The third-order valence-corrected chi connectivity index (χ3v) is 4.57. The lowest BCUT2D eigenvalue weighted by Crippen LogP contribution is -2.00. The number of nitrogens with two attached hydrogens (primary N) is 2. The second-order valence-electron chi connectivity index (χ2n) is 3.42. The van der Waals surface area contributed by atoms with Gasteiger partial charge in [0.15, 0.2) is 0 Å². The van der Waals surface area contributed by atoms with Crippen molar-refractivity contribution in [3.8, 4) is 6.07 Å². The highest BCUT2D eigenvalue weighted by atomic mass is 35.5. The van der Waals surface area contributed by atoms with Gasteiger partial charge in [0.25, 0.3) is 0 Å². The molecule has 4 N–H and O–H groups in total. The number of halogens is 1. The molecule has 2 heterocycles. The Kier molecular flexibility index (Phi) is 3.97. The highest BCUT2D eigenvalue weighted by Crippen LogP contribution is 2.31. The SMILES string of the molecule is N#Cc1c(N)cc(N)nc1SCc1ccc(Cl)s1. The molecule has 0 spiro atoms. The minimum atomic E-state index is 0.318. The van der Waals surface area contributed by atoms with Crippen LogP contribution < -0.4 is 11.5 Å². The molecule has 0 radical (unpaired) electrons. The molecule has 7 heteroatoms. The molecule has 0 amide bonds. The van der Waals surface area contributed by atoms with Crippen LogP contribution in [0, 0.1) is 11.3 Å². The normalized spacial score (nSPS) is 10.2. The highest BCUT2D eigenvalue weighted by Gasteiger charge is 2.11. The van der Waals surface area contributed by atoms with Crippen molar-refractivity contribution in [3.63, 3.8) is 0 Å². The van der Waals surface area contributed by atoms with Crippen LogP contribution in [0.1, 0.15) is 10.4 Å². The molecule has 0 aliphatic rings. The standard InChI is InChI=1S/C11H9ClN4S2/c12-9-2-1-6(18-9)5-17-11-7(4-13)8(14)3-10(15)16-11/h1-3H,5H2,(H4,14,15,16). The molecule has 4 nitrogen and oxygen atoms in total. The zero-order valence-corrected chi connectivity index (χ0v) is 11.6. The molecular weight excluding hydrogens is 288 g/mol. The molecule has 0 aromatic carbocycles. The molecule has 92 valence electrons. The molecule has 0 fully saturated rings. The molecule has 0 unspecified atom stereocenters. The topological polar surface area (TPSA) is 88.7 Å². The average Bonchev–Trinajstić information content (AvgIpc) is 2.72. The number of hydrogen-bond acceptors (Lipinski definition) is 6. The number of thioether (sulfide) groups is 1. The first-order valence-electron chi connectivity index (χ1n) is 4.93. The van der Waals surface area contributed by atoms with Gasteiger partial charge in [0, 0.05) is 16.7 Å². The fraction of sp³-hybridized carbons (Fsp3) is 0.0909. The second kappa shape index (κ2) is 5.48. The largest absolute Gasteiger partial charge is 0.397 e. The molecule has 2 aromatic rings. The van der Waals surface area contributed by atoms with Crippen LogP contribution in [0.4, 0.5) is 11.5 Å². The number of nitrogens with zero attached hydrogens (tertiary/aromatic N) is 2. The Balaban J connectivity index is 2.21. The van der Waals surface area contributed by atoms with E-state index >= 15 is 0 Å². The summed E-state index contributed by atoms with van der Waals surface area (Å²) in [6, 6.07) is 7.32. The van der Waals surface area contributed by atoms with Crippen LogP contribution in [0.5, 0.6) is 0 Å². The zero-order valence-electron chi connectivity index (χ0n) is 9.18. The van der Waals surface area contributed by atoms with Crippen LogP contribution in [-0.4, -0.2) is 4.98 Å². The molecule has 0 bridgehead atoms. The van der Waals surface area contributed by atoms with Crippen molar-refractivity contribution in [2.45, 2.75) is 10.8 Å². The molecule has 0 atom stereocenters. The van der Waals surface area contributed by atoms with Crippen molar-refractivity contribution in [1.82, 2.24) is 4.98 Å². The van der Waals surface area contributed by atoms with Gasteiger partial charge in [0.1, 0.15) is 22.5 Å². The van der Waals surface area contributed by atoms with Crippen molar-refractivity contribution < 1.29 is 0 Å². The Morgan fingerprint density at radius 2 is 2.22 bits per heavy atom. The molecule has 0 saturated carbocycles. The summed E-state index contributed by atoms with van der Waals surface area (Å²) in [6.45, 7) is 0. The molecule has 0 aliphatic carbocycles. The van der Waals surface area contributed by atoms with E-state index in [4.69, 9.17) is 28.3 Å². The summed E-state index contributed by atoms with van der Waals surface area (Å²) < 4.78 is 0.742. The number of thiophene rings is 1. The van der Waals surface area contributed by atoms with Gasteiger partial charge in [0.05, 0.1) is 10.0 Å². The third-order valence-electron chi connectivity index (χ3n) is 2.13. The first-order valence-corrected chi connectivity index (χ1v) is 7.11. The van der Waals surface area contributed by atoms with Gasteiger partial charge in [-0.25, -0.2) is 4.98 Å². The Bertz CT molecular complexity index is 618. The van der Waals surface area contributed by atoms with Crippen molar-refractivity contribution in [2.24, 2.45) is 0 Å². The van der Waals surface area contributed by atoms with Gasteiger partial charge in [-0.3, -0.25) is 0 Å². The van der Waals surface area contributed by atoms with Gasteiger partial charge >= 0.3 is 0 Å². The van der Waals surface area contributed by atoms with Crippen molar-refractivity contribution in [2.75, 3.05) is 11.5 Å². The van der Waals surface area contributed by atoms with Crippen LogP contribution in [0.15, 0.2) is 23.2 Å². The van der Waals surface area contributed by atoms with Gasteiger partial charge < -0.3 is 11.5 Å². The Morgan fingerprint density at radius 3 is 2.83 bits per heavy atom. The quantitative estimate of drug-likeness (QED) is 0.850. The number of pyridine rings is 1. The van der Waals surface area contributed by atoms with Gasteiger partial charge in [-0.1, -0.05) is 23.4 Å². The summed E-state index contributed by atoms with van der Waals surface area (Å²) in [5.41, 5.74) is 12.1.